The predicted octanol–water partition coefficient (Wildman–Crippen LogP) is 0.829. The number of aliphatic hydroxyl groups is 1. The molecule has 2 rings (SSSR count). The minimum Gasteiger partial charge on any atom is -0.598 e. The van der Waals surface area contributed by atoms with Gasteiger partial charge in [-0.05, 0) is 13.8 Å². The zero-order valence-electron chi connectivity index (χ0n) is 10.7. The Morgan fingerprint density at radius 1 is 1.44 bits per heavy atom. The molecule has 1 aromatic rings. The molecule has 1 N–H and O–H groups in total. The van der Waals surface area contributed by atoms with Gasteiger partial charge in [-0.2, -0.15) is 0 Å². The van der Waals surface area contributed by atoms with Gasteiger partial charge in [0, 0.05) is 29.8 Å². The van der Waals surface area contributed by atoms with Crippen LogP contribution in [0.3, 0.4) is 0 Å². The topological polar surface area (TPSA) is 62.7 Å². The standard InChI is InChI=1S/C11H19N3O2S2/c1-9(2)18(16)14-5-3-13(4-6-14)11-12-10(7-15)8-17-11/h8-9,15H,3-7H2,1-2H3. The largest absolute Gasteiger partial charge is 0.598 e. The number of piperazine rings is 1. The summed E-state index contributed by atoms with van der Waals surface area (Å²) in [6.07, 6.45) is 0. The van der Waals surface area contributed by atoms with Crippen molar-refractivity contribution in [3.05, 3.63) is 11.1 Å². The predicted molar refractivity (Wildman–Crippen MR) is 75.1 cm³/mol. The quantitative estimate of drug-likeness (QED) is 0.832. The van der Waals surface area contributed by atoms with Crippen LogP contribution in [-0.4, -0.2) is 50.4 Å². The number of thiazole rings is 1. The third kappa shape index (κ3) is 3.16. The molecule has 18 heavy (non-hydrogen) atoms. The van der Waals surface area contributed by atoms with E-state index in [4.69, 9.17) is 5.11 Å². The molecule has 102 valence electrons. The van der Waals surface area contributed by atoms with E-state index < -0.39 is 11.4 Å². The molecule has 7 heteroatoms. The van der Waals surface area contributed by atoms with E-state index in [1.54, 1.807) is 11.3 Å². The van der Waals surface area contributed by atoms with Crippen molar-refractivity contribution in [2.45, 2.75) is 25.7 Å². The van der Waals surface area contributed by atoms with Crippen LogP contribution in [-0.2, 0) is 18.0 Å². The highest BCUT2D eigenvalue weighted by Crippen LogP contribution is 2.23. The van der Waals surface area contributed by atoms with Crippen LogP contribution >= 0.6 is 11.3 Å². The molecule has 0 spiro atoms. The van der Waals surface area contributed by atoms with Crippen molar-refractivity contribution in [2.75, 3.05) is 31.1 Å². The van der Waals surface area contributed by atoms with E-state index in [0.29, 0.717) is 0 Å². The maximum Gasteiger partial charge on any atom is 0.185 e. The van der Waals surface area contributed by atoms with Gasteiger partial charge in [0.15, 0.2) is 5.13 Å². The van der Waals surface area contributed by atoms with Gasteiger partial charge in [-0.25, -0.2) is 4.98 Å². The number of hydrogen-bond donors (Lipinski definition) is 1. The van der Waals surface area contributed by atoms with Gasteiger partial charge in [0.05, 0.1) is 25.4 Å². The van der Waals surface area contributed by atoms with Crippen molar-refractivity contribution < 1.29 is 9.66 Å². The van der Waals surface area contributed by atoms with Crippen molar-refractivity contribution in [3.8, 4) is 0 Å². The highest BCUT2D eigenvalue weighted by atomic mass is 32.2. The number of anilines is 1. The zero-order valence-corrected chi connectivity index (χ0v) is 12.3. The Kier molecular flexibility index (Phi) is 4.85. The molecular weight excluding hydrogens is 270 g/mol. The molecule has 1 saturated heterocycles. The lowest BCUT2D eigenvalue weighted by Crippen LogP contribution is -2.50. The number of aliphatic hydroxyl groups excluding tert-OH is 1. The zero-order chi connectivity index (χ0) is 13.1. The van der Waals surface area contributed by atoms with E-state index in [2.05, 4.69) is 9.88 Å². The molecule has 5 nitrogen and oxygen atoms in total. The molecule has 0 amide bonds. The first-order valence-electron chi connectivity index (χ1n) is 6.07. The fraction of sp³-hybridized carbons (Fsp3) is 0.727. The summed E-state index contributed by atoms with van der Waals surface area (Å²) >= 11 is 0.681. The van der Waals surface area contributed by atoms with Crippen molar-refractivity contribution in [1.29, 1.82) is 0 Å². The molecule has 2 heterocycles. The molecule has 1 aromatic heterocycles. The summed E-state index contributed by atoms with van der Waals surface area (Å²) in [4.78, 5) is 6.55. The first-order valence-corrected chi connectivity index (χ1v) is 8.12. The lowest BCUT2D eigenvalue weighted by Gasteiger charge is -2.35. The summed E-state index contributed by atoms with van der Waals surface area (Å²) in [7, 11) is 0. The Morgan fingerprint density at radius 2 is 2.11 bits per heavy atom. The Bertz CT molecular complexity index is 378. The maximum absolute atomic E-state index is 12.0. The molecule has 0 radical (unpaired) electrons. The summed E-state index contributed by atoms with van der Waals surface area (Å²) in [6, 6.07) is 0. The van der Waals surface area contributed by atoms with Crippen LogP contribution in [0.2, 0.25) is 0 Å². The molecule has 0 aliphatic carbocycles. The summed E-state index contributed by atoms with van der Waals surface area (Å²) in [5, 5.41) is 12.0. The number of nitrogens with zero attached hydrogens (tertiary/aromatic N) is 3. The second kappa shape index (κ2) is 6.21. The lowest BCUT2D eigenvalue weighted by molar-refractivity contribution is 0.277. The Morgan fingerprint density at radius 3 is 2.61 bits per heavy atom. The minimum atomic E-state index is -0.876. The summed E-state index contributed by atoms with van der Waals surface area (Å²) in [6.45, 7) is 7.26. The van der Waals surface area contributed by atoms with Crippen molar-refractivity contribution >= 4 is 27.8 Å². The number of aromatic nitrogens is 1. The van der Waals surface area contributed by atoms with E-state index in [9.17, 15) is 4.55 Å². The van der Waals surface area contributed by atoms with Gasteiger partial charge >= 0.3 is 0 Å². The van der Waals surface area contributed by atoms with Gasteiger partial charge in [0.2, 0.25) is 0 Å². The average molecular weight is 289 g/mol. The van der Waals surface area contributed by atoms with Crippen molar-refractivity contribution in [2.24, 2.45) is 0 Å². The molecular formula is C11H19N3O2S2. The molecule has 0 bridgehead atoms. The molecule has 1 aliphatic rings. The third-order valence-electron chi connectivity index (χ3n) is 2.87. The Labute approximate surface area is 115 Å². The van der Waals surface area contributed by atoms with Gasteiger partial charge < -0.3 is 14.6 Å². The monoisotopic (exact) mass is 289 g/mol. The lowest BCUT2D eigenvalue weighted by atomic mass is 10.4. The summed E-state index contributed by atoms with van der Waals surface area (Å²) in [5.41, 5.74) is 0.725. The SMILES string of the molecule is CC(C)[S+]([O-])N1CCN(c2nc(CO)cs2)CC1. The van der Waals surface area contributed by atoms with Crippen molar-refractivity contribution in [1.82, 2.24) is 9.29 Å². The van der Waals surface area contributed by atoms with Crippen LogP contribution in [0.1, 0.15) is 19.5 Å². The minimum absolute atomic E-state index is 0.00612. The van der Waals surface area contributed by atoms with Gasteiger partial charge in [-0.3, -0.25) is 0 Å². The smallest absolute Gasteiger partial charge is 0.185 e. The molecule has 1 aliphatic heterocycles. The Balaban J connectivity index is 1.90. The van der Waals surface area contributed by atoms with E-state index in [1.165, 1.54) is 0 Å². The first-order chi connectivity index (χ1) is 8.61. The van der Waals surface area contributed by atoms with E-state index >= 15 is 0 Å². The number of rotatable bonds is 4. The van der Waals surface area contributed by atoms with Gasteiger partial charge in [-0.1, -0.05) is 0 Å². The van der Waals surface area contributed by atoms with Crippen LogP contribution < -0.4 is 4.90 Å². The van der Waals surface area contributed by atoms with E-state index in [0.717, 1.165) is 37.0 Å². The molecule has 1 fully saturated rings. The van der Waals surface area contributed by atoms with E-state index in [1.807, 2.05) is 23.5 Å². The Hall–Kier alpha value is -0.340. The second-order valence-corrected chi connectivity index (χ2v) is 7.37. The second-order valence-electron chi connectivity index (χ2n) is 4.52. The van der Waals surface area contributed by atoms with E-state index in [-0.39, 0.29) is 11.9 Å². The van der Waals surface area contributed by atoms with Gasteiger partial charge in [0.1, 0.15) is 5.25 Å². The van der Waals surface area contributed by atoms with Crippen LogP contribution in [0, 0.1) is 0 Å². The highest BCUT2D eigenvalue weighted by Gasteiger charge is 2.28. The molecule has 0 aromatic carbocycles. The van der Waals surface area contributed by atoms with Gasteiger partial charge in [-0.15, -0.1) is 15.6 Å². The normalized spacial score (nSPS) is 19.5. The summed E-state index contributed by atoms with van der Waals surface area (Å²) in [5.74, 6) is 0. The van der Waals surface area contributed by atoms with Crippen molar-refractivity contribution in [3.63, 3.8) is 0 Å². The third-order valence-corrected chi connectivity index (χ3v) is 5.50. The van der Waals surface area contributed by atoms with Crippen LogP contribution in [0.5, 0.6) is 0 Å². The molecule has 0 saturated carbocycles. The molecule has 1 atom stereocenters. The van der Waals surface area contributed by atoms with Crippen LogP contribution in [0.25, 0.3) is 0 Å². The summed E-state index contributed by atoms with van der Waals surface area (Å²) < 4.78 is 14.0. The maximum atomic E-state index is 12.0. The fourth-order valence-electron chi connectivity index (χ4n) is 1.87. The van der Waals surface area contributed by atoms with Gasteiger partial charge in [0.25, 0.3) is 0 Å². The fourth-order valence-corrected chi connectivity index (χ4v) is 3.86. The van der Waals surface area contributed by atoms with Crippen LogP contribution in [0.4, 0.5) is 5.13 Å². The van der Waals surface area contributed by atoms with Crippen LogP contribution in [0.15, 0.2) is 5.38 Å². The first kappa shape index (κ1) is 14.1. The average Bonchev–Trinajstić information content (AvgIpc) is 2.86. The number of hydrogen-bond acceptors (Lipinski definition) is 6. The highest BCUT2D eigenvalue weighted by molar-refractivity contribution is 7.89. The molecule has 1 unspecified atom stereocenters.